The number of alkyl halides is 1. The molecule has 0 spiro atoms. The molecule has 3 aromatic rings. The molecular formula is C26H32FN5O2. The molecule has 0 atom stereocenters. The van der Waals surface area contributed by atoms with Gasteiger partial charge in [0.2, 0.25) is 0 Å². The molecule has 1 N–H and O–H groups in total. The van der Waals surface area contributed by atoms with Crippen LogP contribution in [0.3, 0.4) is 0 Å². The highest BCUT2D eigenvalue weighted by atomic mass is 19.1. The van der Waals surface area contributed by atoms with E-state index >= 15 is 0 Å². The van der Waals surface area contributed by atoms with Gasteiger partial charge in [-0.3, -0.25) is 4.79 Å². The second-order valence-electron chi connectivity index (χ2n) is 9.40. The van der Waals surface area contributed by atoms with E-state index in [1.54, 1.807) is 38.0 Å². The normalized spacial score (nSPS) is 14.8. The molecule has 8 heteroatoms. The molecule has 1 amide bonds. The van der Waals surface area contributed by atoms with E-state index in [9.17, 15) is 9.18 Å². The molecule has 1 aromatic carbocycles. The van der Waals surface area contributed by atoms with Gasteiger partial charge in [0.1, 0.15) is 17.2 Å². The third kappa shape index (κ3) is 4.90. The minimum atomic E-state index is -1.15. The van der Waals surface area contributed by atoms with Crippen molar-refractivity contribution in [3.8, 4) is 11.4 Å². The number of aromatic nitrogens is 3. The first-order valence-electron chi connectivity index (χ1n) is 11.6. The SMILES string of the molecule is COc1ccc(-n2ncc(C(=O)Nc3cnc(N4CCC(C(C)(C)F)CC4)c(C)c3)c2C)cc1. The first-order valence-corrected chi connectivity index (χ1v) is 11.6. The standard InChI is InChI=1S/C26H32FN5O2/c1-17-14-20(15-28-24(17)31-12-10-19(11-13-31)26(3,4)27)30-25(33)23-16-29-32(18(23)2)21-6-8-22(34-5)9-7-21/h6-9,14-16,19H,10-13H2,1-5H3,(H,30,33). The molecule has 0 bridgehead atoms. The number of amides is 1. The molecule has 1 saturated heterocycles. The van der Waals surface area contributed by atoms with E-state index in [-0.39, 0.29) is 11.8 Å². The van der Waals surface area contributed by atoms with Gasteiger partial charge in [0, 0.05) is 13.1 Å². The fourth-order valence-corrected chi connectivity index (χ4v) is 4.56. The zero-order chi connectivity index (χ0) is 24.5. The number of carbonyl (C=O) groups excluding carboxylic acids is 1. The number of carbonyl (C=O) groups is 1. The molecule has 0 radical (unpaired) electrons. The van der Waals surface area contributed by atoms with Crippen LogP contribution in [0.15, 0.2) is 42.7 Å². The number of hydrogen-bond donors (Lipinski definition) is 1. The van der Waals surface area contributed by atoms with Gasteiger partial charge in [0.15, 0.2) is 0 Å². The Bertz CT molecular complexity index is 1160. The molecule has 4 rings (SSSR count). The predicted octanol–water partition coefficient (Wildman–Crippen LogP) is 5.11. The van der Waals surface area contributed by atoms with Crippen molar-refractivity contribution in [3.05, 3.63) is 59.5 Å². The highest BCUT2D eigenvalue weighted by Crippen LogP contribution is 2.33. The third-order valence-corrected chi connectivity index (χ3v) is 6.65. The van der Waals surface area contributed by atoms with Crippen molar-refractivity contribution >= 4 is 17.4 Å². The Hall–Kier alpha value is -3.42. The number of nitrogens with zero attached hydrogens (tertiary/aromatic N) is 4. The molecule has 0 saturated carbocycles. The quantitative estimate of drug-likeness (QED) is 0.548. The lowest BCUT2D eigenvalue weighted by molar-refractivity contribution is 0.102. The van der Waals surface area contributed by atoms with Crippen molar-refractivity contribution in [2.45, 2.75) is 46.2 Å². The molecule has 34 heavy (non-hydrogen) atoms. The van der Waals surface area contributed by atoms with Crippen molar-refractivity contribution in [2.24, 2.45) is 5.92 Å². The van der Waals surface area contributed by atoms with E-state index in [1.165, 1.54) is 0 Å². The Balaban J connectivity index is 1.44. The monoisotopic (exact) mass is 465 g/mol. The fourth-order valence-electron chi connectivity index (χ4n) is 4.56. The molecular weight excluding hydrogens is 433 g/mol. The highest BCUT2D eigenvalue weighted by molar-refractivity contribution is 6.05. The number of aryl methyl sites for hydroxylation is 1. The van der Waals surface area contributed by atoms with E-state index in [0.717, 1.165) is 54.4 Å². The molecule has 180 valence electrons. The van der Waals surface area contributed by atoms with Gasteiger partial charge in [-0.15, -0.1) is 0 Å². The second-order valence-corrected chi connectivity index (χ2v) is 9.40. The number of hydrogen-bond acceptors (Lipinski definition) is 5. The first kappa shape index (κ1) is 23.7. The Kier molecular flexibility index (Phi) is 6.59. The van der Waals surface area contributed by atoms with Crippen LogP contribution in [0.1, 0.15) is 48.3 Å². The van der Waals surface area contributed by atoms with Crippen molar-refractivity contribution < 1.29 is 13.9 Å². The average Bonchev–Trinajstić information content (AvgIpc) is 3.20. The number of halogens is 1. The summed E-state index contributed by atoms with van der Waals surface area (Å²) in [7, 11) is 1.62. The van der Waals surface area contributed by atoms with Crippen LogP contribution in [-0.2, 0) is 0 Å². The topological polar surface area (TPSA) is 72.3 Å². The second kappa shape index (κ2) is 9.44. The minimum Gasteiger partial charge on any atom is -0.497 e. The third-order valence-electron chi connectivity index (χ3n) is 6.65. The highest BCUT2D eigenvalue weighted by Gasteiger charge is 2.33. The number of methoxy groups -OCH3 is 1. The van der Waals surface area contributed by atoms with Gasteiger partial charge in [-0.25, -0.2) is 14.1 Å². The van der Waals surface area contributed by atoms with Crippen LogP contribution in [0.2, 0.25) is 0 Å². The van der Waals surface area contributed by atoms with Crippen LogP contribution < -0.4 is 15.0 Å². The lowest BCUT2D eigenvalue weighted by Crippen LogP contribution is -2.40. The van der Waals surface area contributed by atoms with E-state index in [1.807, 2.05) is 44.2 Å². The lowest BCUT2D eigenvalue weighted by Gasteiger charge is -2.37. The molecule has 0 unspecified atom stereocenters. The summed E-state index contributed by atoms with van der Waals surface area (Å²) in [5.41, 5.74) is 2.53. The van der Waals surface area contributed by atoms with Gasteiger partial charge in [0.05, 0.1) is 42.1 Å². The maximum Gasteiger partial charge on any atom is 0.259 e. The lowest BCUT2D eigenvalue weighted by atomic mass is 9.84. The van der Waals surface area contributed by atoms with Crippen molar-refractivity contribution in [1.82, 2.24) is 14.8 Å². The Labute approximate surface area is 199 Å². The van der Waals surface area contributed by atoms with Gasteiger partial charge >= 0.3 is 0 Å². The van der Waals surface area contributed by atoms with Gasteiger partial charge in [0.25, 0.3) is 5.91 Å². The molecule has 2 aromatic heterocycles. The minimum absolute atomic E-state index is 0.0738. The first-order chi connectivity index (χ1) is 16.2. The van der Waals surface area contributed by atoms with Crippen molar-refractivity contribution in [1.29, 1.82) is 0 Å². The Morgan fingerprint density at radius 3 is 2.41 bits per heavy atom. The summed E-state index contributed by atoms with van der Waals surface area (Å²) in [6.07, 6.45) is 4.86. The number of benzene rings is 1. The number of pyridine rings is 1. The van der Waals surface area contributed by atoms with Crippen LogP contribution in [0.4, 0.5) is 15.9 Å². The molecule has 3 heterocycles. The number of anilines is 2. The molecule has 1 aliphatic heterocycles. The maximum atomic E-state index is 14.3. The molecule has 1 fully saturated rings. The summed E-state index contributed by atoms with van der Waals surface area (Å²) < 4.78 is 21.2. The summed E-state index contributed by atoms with van der Waals surface area (Å²) in [5, 5.41) is 7.32. The van der Waals surface area contributed by atoms with E-state index in [2.05, 4.69) is 20.3 Å². The van der Waals surface area contributed by atoms with E-state index < -0.39 is 5.67 Å². The number of nitrogens with one attached hydrogen (secondary N) is 1. The molecule has 1 aliphatic rings. The Morgan fingerprint density at radius 2 is 1.82 bits per heavy atom. The zero-order valence-corrected chi connectivity index (χ0v) is 20.4. The van der Waals surface area contributed by atoms with Crippen LogP contribution in [0.25, 0.3) is 5.69 Å². The average molecular weight is 466 g/mol. The van der Waals surface area contributed by atoms with Crippen LogP contribution >= 0.6 is 0 Å². The molecule has 7 nitrogen and oxygen atoms in total. The molecule has 0 aliphatic carbocycles. The number of ether oxygens (including phenoxy) is 1. The summed E-state index contributed by atoms with van der Waals surface area (Å²) in [4.78, 5) is 19.8. The Morgan fingerprint density at radius 1 is 1.15 bits per heavy atom. The van der Waals surface area contributed by atoms with Crippen molar-refractivity contribution in [3.63, 3.8) is 0 Å². The predicted molar refractivity (Wildman–Crippen MR) is 132 cm³/mol. The van der Waals surface area contributed by atoms with Gasteiger partial charge < -0.3 is 15.0 Å². The van der Waals surface area contributed by atoms with Gasteiger partial charge in [-0.2, -0.15) is 5.10 Å². The van der Waals surface area contributed by atoms with Gasteiger partial charge in [-0.05, 0) is 82.3 Å². The zero-order valence-electron chi connectivity index (χ0n) is 20.4. The number of piperidine rings is 1. The smallest absolute Gasteiger partial charge is 0.259 e. The van der Waals surface area contributed by atoms with E-state index in [4.69, 9.17) is 4.74 Å². The summed E-state index contributed by atoms with van der Waals surface area (Å²) in [6, 6.07) is 9.42. The summed E-state index contributed by atoms with van der Waals surface area (Å²) in [6.45, 7) is 8.73. The van der Waals surface area contributed by atoms with Crippen LogP contribution in [0.5, 0.6) is 5.75 Å². The van der Waals surface area contributed by atoms with Gasteiger partial charge in [-0.1, -0.05) is 0 Å². The fraction of sp³-hybridized carbons (Fsp3) is 0.423. The largest absolute Gasteiger partial charge is 0.497 e. The van der Waals surface area contributed by atoms with E-state index in [0.29, 0.717) is 11.3 Å². The number of rotatable bonds is 6. The van der Waals surface area contributed by atoms with Crippen LogP contribution in [0, 0.1) is 19.8 Å². The van der Waals surface area contributed by atoms with Crippen molar-refractivity contribution in [2.75, 3.05) is 30.4 Å². The summed E-state index contributed by atoms with van der Waals surface area (Å²) in [5.74, 6) is 1.48. The van der Waals surface area contributed by atoms with Crippen LogP contribution in [-0.4, -0.2) is 46.5 Å². The maximum absolute atomic E-state index is 14.3. The summed E-state index contributed by atoms with van der Waals surface area (Å²) >= 11 is 0.